The van der Waals surface area contributed by atoms with Crippen LogP contribution in [0.1, 0.15) is 31.2 Å². The van der Waals surface area contributed by atoms with Crippen molar-refractivity contribution in [1.29, 1.82) is 0 Å². The Morgan fingerprint density at radius 1 is 1.09 bits per heavy atom. The summed E-state index contributed by atoms with van der Waals surface area (Å²) < 4.78 is 13.7. The molecule has 2 N–H and O–H groups in total. The van der Waals surface area contributed by atoms with Crippen LogP contribution < -0.4 is 20.1 Å². The number of hydrogen-bond acceptors (Lipinski definition) is 4. The Hall–Kier alpha value is -2.75. The predicted molar refractivity (Wildman–Crippen MR) is 143 cm³/mol. The number of aromatic nitrogens is 2. The summed E-state index contributed by atoms with van der Waals surface area (Å²) in [5.41, 5.74) is 2.26. The summed E-state index contributed by atoms with van der Waals surface area (Å²) in [5.74, 6) is 3.21. The summed E-state index contributed by atoms with van der Waals surface area (Å²) in [4.78, 5) is 9.26. The largest absolute Gasteiger partial charge is 0.490 e. The van der Waals surface area contributed by atoms with Gasteiger partial charge in [-0.05, 0) is 37.5 Å². The van der Waals surface area contributed by atoms with Gasteiger partial charge in [0.25, 0.3) is 0 Å². The average molecular weight is 561 g/mol. The highest BCUT2D eigenvalue weighted by Gasteiger charge is 2.11. The fraction of sp³-hybridized carbons (Fsp3) is 0.360. The Kier molecular flexibility index (Phi) is 9.86. The van der Waals surface area contributed by atoms with Gasteiger partial charge in [0, 0.05) is 43.7 Å². The molecule has 0 bridgehead atoms. The Labute approximate surface area is 212 Å². The van der Waals surface area contributed by atoms with Gasteiger partial charge in [-0.1, -0.05) is 30.3 Å². The van der Waals surface area contributed by atoms with Crippen molar-refractivity contribution in [3.05, 3.63) is 72.3 Å². The monoisotopic (exact) mass is 561 g/mol. The molecule has 0 radical (unpaired) electrons. The van der Waals surface area contributed by atoms with E-state index in [0.717, 1.165) is 55.4 Å². The summed E-state index contributed by atoms with van der Waals surface area (Å²) in [7, 11) is 0. The van der Waals surface area contributed by atoms with Crippen molar-refractivity contribution in [2.75, 3.05) is 25.1 Å². The number of halogens is 1. The van der Waals surface area contributed by atoms with E-state index in [-0.39, 0.29) is 24.0 Å². The number of rotatable bonds is 8. The number of imidazole rings is 1. The van der Waals surface area contributed by atoms with Gasteiger partial charge in [-0.2, -0.15) is 0 Å². The Balaban J connectivity index is 0.00000306. The first-order chi connectivity index (χ1) is 15.8. The number of fused-ring (bicyclic) bond motifs is 1. The average Bonchev–Trinajstić information content (AvgIpc) is 3.13. The van der Waals surface area contributed by atoms with Crippen LogP contribution in [0.5, 0.6) is 11.5 Å². The van der Waals surface area contributed by atoms with Gasteiger partial charge in [-0.3, -0.25) is 0 Å². The van der Waals surface area contributed by atoms with Crippen molar-refractivity contribution in [2.45, 2.75) is 39.3 Å². The number of nitrogens with one attached hydrogen (secondary N) is 2. The number of anilines is 1. The first-order valence-corrected chi connectivity index (χ1v) is 11.3. The van der Waals surface area contributed by atoms with Crippen molar-refractivity contribution in [3.8, 4) is 11.5 Å². The van der Waals surface area contributed by atoms with Gasteiger partial charge in [-0.25, -0.2) is 9.98 Å². The number of ether oxygens (including phenoxy) is 2. The van der Waals surface area contributed by atoms with E-state index in [4.69, 9.17) is 14.5 Å². The Morgan fingerprint density at radius 3 is 2.73 bits per heavy atom. The normalized spacial score (nSPS) is 13.1. The molecule has 33 heavy (non-hydrogen) atoms. The second-order valence-corrected chi connectivity index (χ2v) is 7.66. The van der Waals surface area contributed by atoms with E-state index in [2.05, 4.69) is 57.4 Å². The van der Waals surface area contributed by atoms with Gasteiger partial charge in [0.2, 0.25) is 0 Å². The lowest BCUT2D eigenvalue weighted by Gasteiger charge is -2.14. The van der Waals surface area contributed by atoms with E-state index in [1.807, 2.05) is 30.6 Å². The molecule has 0 unspecified atom stereocenters. The van der Waals surface area contributed by atoms with Gasteiger partial charge < -0.3 is 24.7 Å². The van der Waals surface area contributed by atoms with E-state index in [0.29, 0.717) is 25.7 Å². The van der Waals surface area contributed by atoms with Crippen molar-refractivity contribution in [3.63, 3.8) is 0 Å². The van der Waals surface area contributed by atoms with Gasteiger partial charge >= 0.3 is 0 Å². The summed E-state index contributed by atoms with van der Waals surface area (Å²) in [6, 6.07) is 16.4. The maximum atomic E-state index is 5.80. The molecule has 0 amide bonds. The molecule has 1 aromatic heterocycles. The molecule has 0 aliphatic carbocycles. The molecule has 4 rings (SSSR count). The zero-order valence-corrected chi connectivity index (χ0v) is 21.3. The number of aliphatic imine (C=N–C) groups is 1. The molecule has 3 aromatic rings. The van der Waals surface area contributed by atoms with Crippen LogP contribution in [0.2, 0.25) is 0 Å². The number of aryl methyl sites for hydroxylation is 2. The third-order valence-electron chi connectivity index (χ3n) is 5.24. The molecular weight excluding hydrogens is 529 g/mol. The Bertz CT molecular complexity index is 1020. The van der Waals surface area contributed by atoms with Crippen LogP contribution in [0.25, 0.3) is 0 Å². The molecule has 1 aliphatic rings. The highest BCUT2D eigenvalue weighted by molar-refractivity contribution is 14.0. The van der Waals surface area contributed by atoms with Crippen LogP contribution in [0.15, 0.2) is 65.9 Å². The van der Waals surface area contributed by atoms with Crippen molar-refractivity contribution >= 4 is 35.6 Å². The third-order valence-corrected chi connectivity index (χ3v) is 5.24. The lowest BCUT2D eigenvalue weighted by molar-refractivity contribution is 0.297. The minimum atomic E-state index is 0. The van der Waals surface area contributed by atoms with E-state index >= 15 is 0 Å². The van der Waals surface area contributed by atoms with Crippen LogP contribution in [0.3, 0.4) is 0 Å². The first kappa shape index (κ1) is 24.9. The molecule has 2 aromatic carbocycles. The van der Waals surface area contributed by atoms with Crippen LogP contribution >= 0.6 is 24.0 Å². The topological polar surface area (TPSA) is 72.7 Å². The van der Waals surface area contributed by atoms with Gasteiger partial charge in [0.1, 0.15) is 12.4 Å². The fourth-order valence-corrected chi connectivity index (χ4v) is 3.63. The summed E-state index contributed by atoms with van der Waals surface area (Å²) in [5, 5.41) is 6.66. The maximum absolute atomic E-state index is 5.80. The van der Waals surface area contributed by atoms with E-state index in [1.165, 1.54) is 5.56 Å². The van der Waals surface area contributed by atoms with Gasteiger partial charge in [0.05, 0.1) is 13.2 Å². The Morgan fingerprint density at radius 2 is 1.91 bits per heavy atom. The lowest BCUT2D eigenvalue weighted by Crippen LogP contribution is -2.30. The second kappa shape index (κ2) is 13.1. The minimum Gasteiger partial charge on any atom is -0.490 e. The van der Waals surface area contributed by atoms with Crippen LogP contribution in [-0.4, -0.2) is 35.3 Å². The molecule has 7 nitrogen and oxygen atoms in total. The molecule has 8 heteroatoms. The SMILES string of the molecule is CCNC(=NCc1nccn1CCCc1ccccc1)Nc1ccc2c(c1)OCCCO2.I. The molecule has 0 spiro atoms. The van der Waals surface area contributed by atoms with Crippen molar-refractivity contribution in [2.24, 2.45) is 4.99 Å². The van der Waals surface area contributed by atoms with Crippen LogP contribution in [0.4, 0.5) is 5.69 Å². The maximum Gasteiger partial charge on any atom is 0.196 e. The first-order valence-electron chi connectivity index (χ1n) is 11.3. The number of nitrogens with zero attached hydrogens (tertiary/aromatic N) is 3. The molecule has 1 aliphatic heterocycles. The molecule has 2 heterocycles. The van der Waals surface area contributed by atoms with E-state index in [9.17, 15) is 0 Å². The summed E-state index contributed by atoms with van der Waals surface area (Å²) in [6.07, 6.45) is 6.87. The summed E-state index contributed by atoms with van der Waals surface area (Å²) >= 11 is 0. The third kappa shape index (κ3) is 7.38. The van der Waals surface area contributed by atoms with E-state index in [1.54, 1.807) is 0 Å². The van der Waals surface area contributed by atoms with Crippen LogP contribution in [0, 0.1) is 0 Å². The molecule has 0 saturated heterocycles. The van der Waals surface area contributed by atoms with Crippen LogP contribution in [-0.2, 0) is 19.5 Å². The smallest absolute Gasteiger partial charge is 0.196 e. The van der Waals surface area contributed by atoms with Gasteiger partial charge in [-0.15, -0.1) is 24.0 Å². The number of hydrogen-bond donors (Lipinski definition) is 2. The molecular formula is C25H32IN5O2. The predicted octanol–water partition coefficient (Wildman–Crippen LogP) is 4.87. The quantitative estimate of drug-likeness (QED) is 0.233. The minimum absolute atomic E-state index is 0. The molecule has 0 atom stereocenters. The number of benzene rings is 2. The molecule has 0 fully saturated rings. The zero-order chi connectivity index (χ0) is 22.0. The summed E-state index contributed by atoms with van der Waals surface area (Å²) in [6.45, 7) is 5.58. The lowest BCUT2D eigenvalue weighted by atomic mass is 10.1. The highest BCUT2D eigenvalue weighted by atomic mass is 127. The fourth-order valence-electron chi connectivity index (χ4n) is 3.63. The van der Waals surface area contributed by atoms with Gasteiger partial charge in [0.15, 0.2) is 17.5 Å². The number of guanidine groups is 1. The molecule has 0 saturated carbocycles. The molecule has 176 valence electrons. The zero-order valence-electron chi connectivity index (χ0n) is 19.0. The van der Waals surface area contributed by atoms with Crippen molar-refractivity contribution < 1.29 is 9.47 Å². The van der Waals surface area contributed by atoms with Crippen molar-refractivity contribution in [1.82, 2.24) is 14.9 Å². The van der Waals surface area contributed by atoms with E-state index < -0.39 is 0 Å². The second-order valence-electron chi connectivity index (χ2n) is 7.66. The highest BCUT2D eigenvalue weighted by Crippen LogP contribution is 2.32. The standard InChI is InChI=1S/C25H31N5O2.HI/c1-2-26-25(29-21-11-12-22-23(18-21)32-17-7-16-31-22)28-19-24-27-13-15-30(24)14-6-10-20-8-4-3-5-9-20;/h3-5,8-9,11-13,15,18H,2,6-7,10,14,16-17,19H2,1H3,(H2,26,28,29);1H.